The fraction of sp³-hybridized carbons (Fsp3) is 0.375. The second-order valence-electron chi connectivity index (χ2n) is 4.82. The van der Waals surface area contributed by atoms with Gasteiger partial charge in [0, 0.05) is 11.3 Å². The van der Waals surface area contributed by atoms with Crippen molar-refractivity contribution >= 4 is 0 Å². The lowest BCUT2D eigenvalue weighted by molar-refractivity contribution is 0.795. The van der Waals surface area contributed by atoms with Crippen molar-refractivity contribution in [1.82, 2.24) is 9.97 Å². The first kappa shape index (κ1) is 13.7. The minimum absolute atomic E-state index is 0.378. The fourth-order valence-electron chi connectivity index (χ4n) is 2.09. The van der Waals surface area contributed by atoms with Crippen LogP contribution in [0.5, 0.6) is 0 Å². The van der Waals surface area contributed by atoms with Gasteiger partial charge in [-0.2, -0.15) is 0 Å². The molecule has 2 aromatic rings. The third-order valence-electron chi connectivity index (χ3n) is 3.15. The third kappa shape index (κ3) is 3.61. The Labute approximate surface area is 114 Å². The van der Waals surface area contributed by atoms with Gasteiger partial charge in [0.05, 0.1) is 12.2 Å². The SMILES string of the molecule is CCCCc1ccc(-c2cc(C)nc(CN)n2)cc1. The molecule has 0 saturated heterocycles. The lowest BCUT2D eigenvalue weighted by Crippen LogP contribution is -2.05. The first-order valence-corrected chi connectivity index (χ1v) is 6.87. The van der Waals surface area contributed by atoms with E-state index in [2.05, 4.69) is 41.2 Å². The number of benzene rings is 1. The lowest BCUT2D eigenvalue weighted by atomic mass is 10.0. The van der Waals surface area contributed by atoms with Crippen molar-refractivity contribution in [3.05, 3.63) is 47.4 Å². The number of unbranched alkanes of at least 4 members (excludes halogenated alkanes) is 1. The summed E-state index contributed by atoms with van der Waals surface area (Å²) in [5.41, 5.74) is 10.0. The van der Waals surface area contributed by atoms with Crippen molar-refractivity contribution < 1.29 is 0 Å². The van der Waals surface area contributed by atoms with Crippen molar-refractivity contribution in [2.24, 2.45) is 5.73 Å². The Bertz CT molecular complexity index is 532. The van der Waals surface area contributed by atoms with Crippen LogP contribution in [-0.2, 0) is 13.0 Å². The summed E-state index contributed by atoms with van der Waals surface area (Å²) in [7, 11) is 0. The van der Waals surface area contributed by atoms with Crippen LogP contribution < -0.4 is 5.73 Å². The molecule has 2 rings (SSSR count). The Hall–Kier alpha value is -1.74. The molecule has 0 saturated carbocycles. The molecule has 1 aromatic heterocycles. The van der Waals surface area contributed by atoms with Gasteiger partial charge >= 0.3 is 0 Å². The minimum Gasteiger partial charge on any atom is -0.324 e. The summed E-state index contributed by atoms with van der Waals surface area (Å²) in [5, 5.41) is 0. The molecule has 3 heteroatoms. The molecular weight excluding hydrogens is 234 g/mol. The van der Waals surface area contributed by atoms with Gasteiger partial charge in [0.1, 0.15) is 5.82 Å². The molecule has 0 spiro atoms. The topological polar surface area (TPSA) is 51.8 Å². The molecule has 0 amide bonds. The monoisotopic (exact) mass is 255 g/mol. The van der Waals surface area contributed by atoms with Crippen LogP contribution in [-0.4, -0.2) is 9.97 Å². The zero-order chi connectivity index (χ0) is 13.7. The maximum atomic E-state index is 5.62. The molecule has 1 heterocycles. The maximum Gasteiger partial charge on any atom is 0.142 e. The van der Waals surface area contributed by atoms with Gasteiger partial charge in [-0.15, -0.1) is 0 Å². The zero-order valence-corrected chi connectivity index (χ0v) is 11.7. The van der Waals surface area contributed by atoms with E-state index in [4.69, 9.17) is 5.73 Å². The van der Waals surface area contributed by atoms with Crippen LogP contribution in [0.25, 0.3) is 11.3 Å². The van der Waals surface area contributed by atoms with Gasteiger partial charge in [-0.25, -0.2) is 9.97 Å². The van der Waals surface area contributed by atoms with Crippen LogP contribution in [0.2, 0.25) is 0 Å². The highest BCUT2D eigenvalue weighted by molar-refractivity contribution is 5.59. The van der Waals surface area contributed by atoms with Crippen LogP contribution in [0.1, 0.15) is 36.8 Å². The molecular formula is C16H21N3. The van der Waals surface area contributed by atoms with Gasteiger partial charge < -0.3 is 5.73 Å². The average Bonchev–Trinajstić information content (AvgIpc) is 2.45. The second kappa shape index (κ2) is 6.43. The molecule has 19 heavy (non-hydrogen) atoms. The number of aromatic nitrogens is 2. The summed E-state index contributed by atoms with van der Waals surface area (Å²) in [6, 6.07) is 10.6. The lowest BCUT2D eigenvalue weighted by Gasteiger charge is -2.06. The summed E-state index contributed by atoms with van der Waals surface area (Å²) in [6.45, 7) is 4.57. The van der Waals surface area contributed by atoms with Crippen molar-refractivity contribution in [3.8, 4) is 11.3 Å². The van der Waals surface area contributed by atoms with E-state index in [0.717, 1.165) is 23.4 Å². The Morgan fingerprint density at radius 1 is 1.11 bits per heavy atom. The summed E-state index contributed by atoms with van der Waals surface area (Å²) in [4.78, 5) is 8.78. The molecule has 0 unspecified atom stereocenters. The molecule has 100 valence electrons. The largest absolute Gasteiger partial charge is 0.324 e. The molecule has 1 aromatic carbocycles. The van der Waals surface area contributed by atoms with Crippen molar-refractivity contribution in [3.63, 3.8) is 0 Å². The molecule has 0 radical (unpaired) electrons. The number of nitrogens with zero attached hydrogens (tertiary/aromatic N) is 2. The molecule has 0 bridgehead atoms. The van der Waals surface area contributed by atoms with E-state index in [1.807, 2.05) is 13.0 Å². The van der Waals surface area contributed by atoms with Crippen molar-refractivity contribution in [1.29, 1.82) is 0 Å². The first-order valence-electron chi connectivity index (χ1n) is 6.87. The van der Waals surface area contributed by atoms with Crippen LogP contribution in [0, 0.1) is 6.92 Å². The van der Waals surface area contributed by atoms with Crippen LogP contribution in [0.3, 0.4) is 0 Å². The van der Waals surface area contributed by atoms with Crippen LogP contribution in [0.4, 0.5) is 0 Å². The summed E-state index contributed by atoms with van der Waals surface area (Å²) in [5.74, 6) is 0.699. The normalized spacial score (nSPS) is 10.7. The number of hydrogen-bond acceptors (Lipinski definition) is 3. The Kier molecular flexibility index (Phi) is 4.63. The number of rotatable bonds is 5. The molecule has 0 aliphatic rings. The third-order valence-corrected chi connectivity index (χ3v) is 3.15. The molecule has 0 aliphatic carbocycles. The van der Waals surface area contributed by atoms with Gasteiger partial charge in [-0.1, -0.05) is 37.6 Å². The number of aryl methyl sites for hydroxylation is 2. The Morgan fingerprint density at radius 3 is 2.47 bits per heavy atom. The van der Waals surface area contributed by atoms with Crippen LogP contribution in [0.15, 0.2) is 30.3 Å². The van der Waals surface area contributed by atoms with E-state index in [-0.39, 0.29) is 0 Å². The molecule has 0 atom stereocenters. The predicted molar refractivity (Wildman–Crippen MR) is 78.7 cm³/mol. The Balaban J connectivity index is 2.24. The maximum absolute atomic E-state index is 5.62. The van der Waals surface area contributed by atoms with Gasteiger partial charge in [0.15, 0.2) is 0 Å². The molecule has 0 aliphatic heterocycles. The molecule has 0 fully saturated rings. The van der Waals surface area contributed by atoms with Crippen molar-refractivity contribution in [2.75, 3.05) is 0 Å². The fourth-order valence-corrected chi connectivity index (χ4v) is 2.09. The van der Waals surface area contributed by atoms with Gasteiger partial charge in [-0.05, 0) is 31.4 Å². The van der Waals surface area contributed by atoms with E-state index in [0.29, 0.717) is 12.4 Å². The number of hydrogen-bond donors (Lipinski definition) is 1. The highest BCUT2D eigenvalue weighted by atomic mass is 14.9. The van der Waals surface area contributed by atoms with Crippen molar-refractivity contribution in [2.45, 2.75) is 39.7 Å². The first-order chi connectivity index (χ1) is 9.22. The quantitative estimate of drug-likeness (QED) is 0.892. The smallest absolute Gasteiger partial charge is 0.142 e. The minimum atomic E-state index is 0.378. The molecule has 3 nitrogen and oxygen atoms in total. The second-order valence-corrected chi connectivity index (χ2v) is 4.82. The van der Waals surface area contributed by atoms with E-state index >= 15 is 0 Å². The Morgan fingerprint density at radius 2 is 1.84 bits per heavy atom. The van der Waals surface area contributed by atoms with E-state index in [9.17, 15) is 0 Å². The van der Waals surface area contributed by atoms with E-state index in [1.54, 1.807) is 0 Å². The summed E-state index contributed by atoms with van der Waals surface area (Å²) >= 11 is 0. The van der Waals surface area contributed by atoms with Gasteiger partial charge in [0.2, 0.25) is 0 Å². The molecule has 2 N–H and O–H groups in total. The number of nitrogens with two attached hydrogens (primary N) is 1. The van der Waals surface area contributed by atoms with Gasteiger partial charge in [-0.3, -0.25) is 0 Å². The summed E-state index contributed by atoms with van der Waals surface area (Å²) in [6.07, 6.45) is 3.61. The van der Waals surface area contributed by atoms with E-state index < -0.39 is 0 Å². The standard InChI is InChI=1S/C16H21N3/c1-3-4-5-13-6-8-14(9-7-13)15-10-12(2)18-16(11-17)19-15/h6-10H,3-5,11,17H2,1-2H3. The van der Waals surface area contributed by atoms with Gasteiger partial charge in [0.25, 0.3) is 0 Å². The zero-order valence-electron chi connectivity index (χ0n) is 11.7. The highest BCUT2D eigenvalue weighted by Crippen LogP contribution is 2.19. The highest BCUT2D eigenvalue weighted by Gasteiger charge is 2.04. The average molecular weight is 255 g/mol. The predicted octanol–water partition coefficient (Wildman–Crippen LogP) is 3.25. The van der Waals surface area contributed by atoms with E-state index in [1.165, 1.54) is 18.4 Å². The summed E-state index contributed by atoms with van der Waals surface area (Å²) < 4.78 is 0. The van der Waals surface area contributed by atoms with Crippen LogP contribution >= 0.6 is 0 Å².